The molecule has 24 heavy (non-hydrogen) atoms. The summed E-state index contributed by atoms with van der Waals surface area (Å²) in [7, 11) is 0. The summed E-state index contributed by atoms with van der Waals surface area (Å²) in [4.78, 5) is 6.01. The van der Waals surface area contributed by atoms with E-state index in [9.17, 15) is 13.2 Å². The standard InChI is InChI=1S/C14H11F3N6O/c15-14(16,17)12-20-19-10-8-22(6-7-23(10)12)13-18-11(24-21-13)9-4-2-1-3-5-9/h1-5H,6-8H2. The van der Waals surface area contributed by atoms with Crippen LogP contribution in [0.5, 0.6) is 0 Å². The van der Waals surface area contributed by atoms with Crippen molar-refractivity contribution in [2.24, 2.45) is 0 Å². The Labute approximate surface area is 133 Å². The summed E-state index contributed by atoms with van der Waals surface area (Å²) in [5.74, 6) is -0.0832. The number of alkyl halides is 3. The second-order valence-electron chi connectivity index (χ2n) is 5.28. The molecule has 1 aliphatic heterocycles. The van der Waals surface area contributed by atoms with E-state index in [1.54, 1.807) is 4.90 Å². The van der Waals surface area contributed by atoms with Gasteiger partial charge in [0.1, 0.15) is 0 Å². The minimum absolute atomic E-state index is 0.104. The van der Waals surface area contributed by atoms with Crippen LogP contribution in [0.2, 0.25) is 0 Å². The van der Waals surface area contributed by atoms with E-state index < -0.39 is 12.0 Å². The Morgan fingerprint density at radius 3 is 2.58 bits per heavy atom. The first kappa shape index (κ1) is 14.7. The van der Waals surface area contributed by atoms with E-state index in [1.165, 1.54) is 0 Å². The number of benzene rings is 1. The number of anilines is 1. The van der Waals surface area contributed by atoms with Crippen molar-refractivity contribution in [2.75, 3.05) is 11.4 Å². The molecule has 10 heteroatoms. The van der Waals surface area contributed by atoms with Crippen LogP contribution >= 0.6 is 0 Å². The van der Waals surface area contributed by atoms with Gasteiger partial charge in [-0.05, 0) is 17.3 Å². The van der Waals surface area contributed by atoms with Gasteiger partial charge < -0.3 is 14.0 Å². The number of halogens is 3. The van der Waals surface area contributed by atoms with Crippen LogP contribution < -0.4 is 4.90 Å². The molecule has 3 aromatic rings. The molecule has 0 atom stereocenters. The minimum atomic E-state index is -4.51. The molecule has 0 radical (unpaired) electrons. The van der Waals surface area contributed by atoms with Gasteiger partial charge in [-0.2, -0.15) is 18.2 Å². The van der Waals surface area contributed by atoms with Gasteiger partial charge in [0.05, 0.1) is 6.54 Å². The van der Waals surface area contributed by atoms with Crippen molar-refractivity contribution in [3.63, 3.8) is 0 Å². The Bertz CT molecular complexity index is 857. The zero-order chi connectivity index (χ0) is 16.7. The number of fused-ring (bicyclic) bond motifs is 1. The molecule has 4 rings (SSSR count). The highest BCUT2D eigenvalue weighted by Crippen LogP contribution is 2.30. The van der Waals surface area contributed by atoms with Crippen LogP contribution in [0.4, 0.5) is 19.1 Å². The molecule has 3 heterocycles. The van der Waals surface area contributed by atoms with Gasteiger partial charge >= 0.3 is 6.18 Å². The molecule has 0 amide bonds. The fourth-order valence-corrected chi connectivity index (χ4v) is 2.58. The number of hydrogen-bond acceptors (Lipinski definition) is 6. The normalized spacial score (nSPS) is 14.7. The summed E-state index contributed by atoms with van der Waals surface area (Å²) in [5.41, 5.74) is 0.774. The summed E-state index contributed by atoms with van der Waals surface area (Å²) in [5, 5.41) is 10.8. The van der Waals surface area contributed by atoms with Crippen LogP contribution in [0, 0.1) is 0 Å². The fourth-order valence-electron chi connectivity index (χ4n) is 2.58. The van der Waals surface area contributed by atoms with Crippen molar-refractivity contribution in [2.45, 2.75) is 19.3 Å². The lowest BCUT2D eigenvalue weighted by molar-refractivity contribution is -0.147. The molecule has 0 unspecified atom stereocenters. The van der Waals surface area contributed by atoms with Crippen LogP contribution in [0.25, 0.3) is 11.5 Å². The first-order valence-corrected chi connectivity index (χ1v) is 7.16. The highest BCUT2D eigenvalue weighted by molar-refractivity contribution is 5.54. The van der Waals surface area contributed by atoms with Crippen LogP contribution in [0.3, 0.4) is 0 Å². The largest absolute Gasteiger partial charge is 0.451 e. The Morgan fingerprint density at radius 1 is 1.04 bits per heavy atom. The molecule has 0 aliphatic carbocycles. The minimum Gasteiger partial charge on any atom is -0.332 e. The third-order valence-corrected chi connectivity index (χ3v) is 3.73. The summed E-state index contributed by atoms with van der Waals surface area (Å²) < 4.78 is 44.8. The van der Waals surface area contributed by atoms with Gasteiger partial charge in [0.25, 0.3) is 11.8 Å². The van der Waals surface area contributed by atoms with E-state index in [2.05, 4.69) is 20.3 Å². The molecule has 0 bridgehead atoms. The van der Waals surface area contributed by atoms with Gasteiger partial charge in [-0.15, -0.1) is 10.2 Å². The van der Waals surface area contributed by atoms with Gasteiger partial charge in [-0.25, -0.2) is 0 Å². The van der Waals surface area contributed by atoms with Crippen molar-refractivity contribution in [1.82, 2.24) is 24.9 Å². The lowest BCUT2D eigenvalue weighted by Crippen LogP contribution is -2.35. The molecular weight excluding hydrogens is 325 g/mol. The molecule has 0 spiro atoms. The second kappa shape index (κ2) is 5.32. The van der Waals surface area contributed by atoms with E-state index in [4.69, 9.17) is 4.52 Å². The van der Waals surface area contributed by atoms with E-state index >= 15 is 0 Å². The maximum Gasteiger partial charge on any atom is 0.451 e. The fraction of sp³-hybridized carbons (Fsp3) is 0.286. The van der Waals surface area contributed by atoms with E-state index in [0.717, 1.165) is 10.1 Å². The topological polar surface area (TPSA) is 72.9 Å². The Kier molecular flexibility index (Phi) is 3.25. The van der Waals surface area contributed by atoms with E-state index in [1.807, 2.05) is 30.3 Å². The molecule has 124 valence electrons. The maximum absolute atomic E-state index is 12.8. The third-order valence-electron chi connectivity index (χ3n) is 3.73. The third kappa shape index (κ3) is 2.49. The SMILES string of the molecule is FC(F)(F)c1nnc2n1CCN(c1noc(-c3ccccc3)n1)C2. The monoisotopic (exact) mass is 336 g/mol. The average Bonchev–Trinajstić information content (AvgIpc) is 3.21. The Morgan fingerprint density at radius 2 is 1.83 bits per heavy atom. The number of nitrogens with zero attached hydrogens (tertiary/aromatic N) is 6. The van der Waals surface area contributed by atoms with Gasteiger partial charge in [0, 0.05) is 18.7 Å². The Balaban J connectivity index is 1.58. The summed E-state index contributed by atoms with van der Waals surface area (Å²) in [6, 6.07) is 9.23. The highest BCUT2D eigenvalue weighted by atomic mass is 19.4. The van der Waals surface area contributed by atoms with Crippen LogP contribution in [-0.2, 0) is 19.3 Å². The van der Waals surface area contributed by atoms with Crippen molar-refractivity contribution >= 4 is 5.95 Å². The first-order chi connectivity index (χ1) is 11.5. The molecule has 0 N–H and O–H groups in total. The smallest absolute Gasteiger partial charge is 0.332 e. The quantitative estimate of drug-likeness (QED) is 0.715. The number of hydrogen-bond donors (Lipinski definition) is 0. The van der Waals surface area contributed by atoms with Gasteiger partial charge in [0.15, 0.2) is 5.82 Å². The first-order valence-electron chi connectivity index (χ1n) is 7.16. The van der Waals surface area contributed by atoms with Crippen LogP contribution in [-0.4, -0.2) is 31.4 Å². The molecule has 1 aromatic carbocycles. The van der Waals surface area contributed by atoms with Crippen LogP contribution in [0.1, 0.15) is 11.6 Å². The molecule has 1 aliphatic rings. The number of aromatic nitrogens is 5. The maximum atomic E-state index is 12.8. The van der Waals surface area contributed by atoms with Gasteiger partial charge in [-0.3, -0.25) is 0 Å². The van der Waals surface area contributed by atoms with Crippen molar-refractivity contribution in [1.29, 1.82) is 0 Å². The average molecular weight is 336 g/mol. The summed E-state index contributed by atoms with van der Waals surface area (Å²) in [6.07, 6.45) is -4.51. The molecule has 0 saturated carbocycles. The molecule has 0 saturated heterocycles. The zero-order valence-electron chi connectivity index (χ0n) is 12.2. The predicted octanol–water partition coefficient (Wildman–Crippen LogP) is 2.37. The predicted molar refractivity (Wildman–Crippen MR) is 75.8 cm³/mol. The molecule has 2 aromatic heterocycles. The van der Waals surface area contributed by atoms with Gasteiger partial charge in [-0.1, -0.05) is 18.2 Å². The Hall–Kier alpha value is -2.91. The highest BCUT2D eigenvalue weighted by Gasteiger charge is 2.39. The summed E-state index contributed by atoms with van der Waals surface area (Å²) >= 11 is 0. The second-order valence-corrected chi connectivity index (χ2v) is 5.28. The van der Waals surface area contributed by atoms with Crippen molar-refractivity contribution < 1.29 is 17.7 Å². The molecular formula is C14H11F3N6O. The zero-order valence-corrected chi connectivity index (χ0v) is 12.2. The van der Waals surface area contributed by atoms with Crippen molar-refractivity contribution in [3.8, 4) is 11.5 Å². The van der Waals surface area contributed by atoms with Crippen LogP contribution in [0.15, 0.2) is 34.9 Å². The lowest BCUT2D eigenvalue weighted by atomic mass is 10.2. The van der Waals surface area contributed by atoms with Crippen molar-refractivity contribution in [3.05, 3.63) is 42.0 Å². The van der Waals surface area contributed by atoms with Gasteiger partial charge in [0.2, 0.25) is 5.82 Å². The number of rotatable bonds is 2. The lowest BCUT2D eigenvalue weighted by Gasteiger charge is -2.26. The molecule has 0 fully saturated rings. The van der Waals surface area contributed by atoms with E-state index in [0.29, 0.717) is 18.4 Å². The molecule has 7 nitrogen and oxygen atoms in total. The summed E-state index contributed by atoms with van der Waals surface area (Å²) in [6.45, 7) is 0.547. The van der Waals surface area contributed by atoms with E-state index in [-0.39, 0.29) is 18.9 Å².